The number of rotatable bonds is 6. The highest BCUT2D eigenvalue weighted by atomic mass is 16.5. The molecule has 4 heteroatoms. The maximum absolute atomic E-state index is 12.0. The highest BCUT2D eigenvalue weighted by molar-refractivity contribution is 5.73. The maximum atomic E-state index is 12.0. The number of hydrogen-bond acceptors (Lipinski definition) is 4. The first-order chi connectivity index (χ1) is 11.0. The number of ether oxygens (including phenoxy) is 3. The summed E-state index contributed by atoms with van der Waals surface area (Å²) >= 11 is 0. The summed E-state index contributed by atoms with van der Waals surface area (Å²) in [4.78, 5) is 12.0. The van der Waals surface area contributed by atoms with Gasteiger partial charge in [0, 0.05) is 12.5 Å². The summed E-state index contributed by atoms with van der Waals surface area (Å²) in [6.45, 7) is 3.94. The second-order valence-corrected chi connectivity index (χ2v) is 5.46. The van der Waals surface area contributed by atoms with E-state index in [0.717, 1.165) is 16.7 Å². The predicted molar refractivity (Wildman–Crippen MR) is 89.4 cm³/mol. The van der Waals surface area contributed by atoms with E-state index in [-0.39, 0.29) is 5.97 Å². The van der Waals surface area contributed by atoms with Crippen LogP contribution in [0.3, 0.4) is 0 Å². The number of benzene rings is 2. The van der Waals surface area contributed by atoms with Crippen LogP contribution in [0.2, 0.25) is 0 Å². The summed E-state index contributed by atoms with van der Waals surface area (Å²) in [6, 6.07) is 11.4. The summed E-state index contributed by atoms with van der Waals surface area (Å²) < 4.78 is 15.9. The fourth-order valence-electron chi connectivity index (χ4n) is 2.34. The van der Waals surface area contributed by atoms with Crippen molar-refractivity contribution in [3.05, 3.63) is 53.1 Å². The third-order valence-electron chi connectivity index (χ3n) is 3.58. The summed E-state index contributed by atoms with van der Waals surface area (Å²) in [5, 5.41) is 0. The summed E-state index contributed by atoms with van der Waals surface area (Å²) in [6.07, 6.45) is 0.862. The Hall–Kier alpha value is -2.49. The Morgan fingerprint density at radius 3 is 2.17 bits per heavy atom. The molecule has 23 heavy (non-hydrogen) atoms. The molecule has 0 bridgehead atoms. The Morgan fingerprint density at radius 2 is 1.61 bits per heavy atom. The molecule has 2 aromatic rings. The molecule has 2 rings (SSSR count). The largest absolute Gasteiger partial charge is 0.497 e. The van der Waals surface area contributed by atoms with E-state index < -0.39 is 0 Å². The molecule has 0 amide bonds. The van der Waals surface area contributed by atoms with E-state index in [0.29, 0.717) is 30.1 Å². The van der Waals surface area contributed by atoms with Gasteiger partial charge in [-0.2, -0.15) is 0 Å². The zero-order valence-corrected chi connectivity index (χ0v) is 14.0. The molecule has 4 nitrogen and oxygen atoms in total. The minimum absolute atomic E-state index is 0.251. The van der Waals surface area contributed by atoms with Crippen molar-refractivity contribution in [1.29, 1.82) is 0 Å². The standard InChI is InChI=1S/C19H22O4/c1-13-5-7-18(14(2)9-13)23-19(20)8-6-15-10-16(21-3)12-17(11-15)22-4/h5,7,9-12H,6,8H2,1-4H3. The molecule has 0 aliphatic rings. The second-order valence-electron chi connectivity index (χ2n) is 5.46. The molecule has 0 atom stereocenters. The van der Waals surface area contributed by atoms with Crippen molar-refractivity contribution in [2.75, 3.05) is 14.2 Å². The van der Waals surface area contributed by atoms with Crippen molar-refractivity contribution in [3.8, 4) is 17.2 Å². The van der Waals surface area contributed by atoms with Gasteiger partial charge in [0.2, 0.25) is 0 Å². The van der Waals surface area contributed by atoms with Gasteiger partial charge in [-0.15, -0.1) is 0 Å². The van der Waals surface area contributed by atoms with Crippen molar-refractivity contribution in [2.24, 2.45) is 0 Å². The molecule has 0 fully saturated rings. The Labute approximate surface area is 137 Å². The second kappa shape index (κ2) is 7.68. The van der Waals surface area contributed by atoms with Gasteiger partial charge in [0.15, 0.2) is 0 Å². The van der Waals surface area contributed by atoms with Gasteiger partial charge >= 0.3 is 5.97 Å². The van der Waals surface area contributed by atoms with Gasteiger partial charge in [0.1, 0.15) is 17.2 Å². The first-order valence-corrected chi connectivity index (χ1v) is 7.51. The van der Waals surface area contributed by atoms with Crippen molar-refractivity contribution in [2.45, 2.75) is 26.7 Å². The number of esters is 1. The third-order valence-corrected chi connectivity index (χ3v) is 3.58. The minimum Gasteiger partial charge on any atom is -0.497 e. The summed E-state index contributed by atoms with van der Waals surface area (Å²) in [7, 11) is 3.21. The van der Waals surface area contributed by atoms with Gasteiger partial charge in [-0.05, 0) is 49.6 Å². The average Bonchev–Trinajstić information content (AvgIpc) is 2.55. The van der Waals surface area contributed by atoms with Crippen LogP contribution in [0, 0.1) is 13.8 Å². The maximum Gasteiger partial charge on any atom is 0.311 e. The zero-order valence-electron chi connectivity index (χ0n) is 14.0. The van der Waals surface area contributed by atoms with E-state index in [9.17, 15) is 4.79 Å². The Balaban J connectivity index is 1.99. The third kappa shape index (κ3) is 4.74. The first-order valence-electron chi connectivity index (χ1n) is 7.51. The average molecular weight is 314 g/mol. The number of carbonyl (C=O) groups excluding carboxylic acids is 1. The van der Waals surface area contributed by atoms with Gasteiger partial charge in [0.25, 0.3) is 0 Å². The molecule has 0 aliphatic carbocycles. The molecule has 2 aromatic carbocycles. The molecule has 0 aromatic heterocycles. The minimum atomic E-state index is -0.251. The SMILES string of the molecule is COc1cc(CCC(=O)Oc2ccc(C)cc2C)cc(OC)c1. The molecule has 0 unspecified atom stereocenters. The van der Waals surface area contributed by atoms with Gasteiger partial charge < -0.3 is 14.2 Å². The lowest BCUT2D eigenvalue weighted by molar-refractivity contribution is -0.134. The van der Waals surface area contributed by atoms with Crippen LogP contribution in [0.15, 0.2) is 36.4 Å². The van der Waals surface area contributed by atoms with Crippen LogP contribution >= 0.6 is 0 Å². The molecule has 122 valence electrons. The van der Waals surface area contributed by atoms with Crippen molar-refractivity contribution in [3.63, 3.8) is 0 Å². The lowest BCUT2D eigenvalue weighted by atomic mass is 10.1. The zero-order chi connectivity index (χ0) is 16.8. The molecule has 0 heterocycles. The molecular formula is C19H22O4. The molecule has 0 aliphatic heterocycles. The molecule has 0 saturated heterocycles. The highest BCUT2D eigenvalue weighted by Gasteiger charge is 2.09. The molecule has 0 spiro atoms. The monoisotopic (exact) mass is 314 g/mol. The van der Waals surface area contributed by atoms with Gasteiger partial charge in [-0.1, -0.05) is 17.7 Å². The lowest BCUT2D eigenvalue weighted by Gasteiger charge is -2.10. The van der Waals surface area contributed by atoms with Crippen LogP contribution in [0.1, 0.15) is 23.1 Å². The van der Waals surface area contributed by atoms with E-state index in [4.69, 9.17) is 14.2 Å². The van der Waals surface area contributed by atoms with E-state index in [1.165, 1.54) is 0 Å². The van der Waals surface area contributed by atoms with Crippen LogP contribution in [0.25, 0.3) is 0 Å². The fraction of sp³-hybridized carbons (Fsp3) is 0.316. The van der Waals surface area contributed by atoms with Gasteiger partial charge in [0.05, 0.1) is 14.2 Å². The highest BCUT2D eigenvalue weighted by Crippen LogP contribution is 2.24. The number of hydrogen-bond donors (Lipinski definition) is 0. The van der Waals surface area contributed by atoms with Crippen LogP contribution in [0.5, 0.6) is 17.2 Å². The van der Waals surface area contributed by atoms with Crippen LogP contribution in [0.4, 0.5) is 0 Å². The van der Waals surface area contributed by atoms with E-state index in [1.54, 1.807) is 20.3 Å². The first kappa shape index (κ1) is 16.9. The van der Waals surface area contributed by atoms with Crippen molar-refractivity contribution < 1.29 is 19.0 Å². The van der Waals surface area contributed by atoms with Crippen molar-refractivity contribution in [1.82, 2.24) is 0 Å². The Morgan fingerprint density at radius 1 is 0.957 bits per heavy atom. The van der Waals surface area contributed by atoms with Crippen LogP contribution < -0.4 is 14.2 Å². The Kier molecular flexibility index (Phi) is 5.63. The Bertz CT molecular complexity index is 670. The van der Waals surface area contributed by atoms with Gasteiger partial charge in [-0.25, -0.2) is 0 Å². The number of methoxy groups -OCH3 is 2. The van der Waals surface area contributed by atoms with Crippen LogP contribution in [-0.4, -0.2) is 20.2 Å². The number of aryl methyl sites for hydroxylation is 3. The molecular weight excluding hydrogens is 292 g/mol. The van der Waals surface area contributed by atoms with E-state index in [1.807, 2.05) is 44.2 Å². The summed E-state index contributed by atoms with van der Waals surface area (Å²) in [5.74, 6) is 1.78. The molecule has 0 radical (unpaired) electrons. The lowest BCUT2D eigenvalue weighted by Crippen LogP contribution is -2.10. The topological polar surface area (TPSA) is 44.8 Å². The smallest absolute Gasteiger partial charge is 0.311 e. The molecule has 0 saturated carbocycles. The van der Waals surface area contributed by atoms with Crippen molar-refractivity contribution >= 4 is 5.97 Å². The summed E-state index contributed by atoms with van der Waals surface area (Å²) in [5.41, 5.74) is 3.07. The van der Waals surface area contributed by atoms with E-state index in [2.05, 4.69) is 0 Å². The van der Waals surface area contributed by atoms with Gasteiger partial charge in [-0.3, -0.25) is 4.79 Å². The predicted octanol–water partition coefficient (Wildman–Crippen LogP) is 3.86. The quantitative estimate of drug-likeness (QED) is 0.600. The normalized spacial score (nSPS) is 10.3. The molecule has 0 N–H and O–H groups in total. The number of carbonyl (C=O) groups is 1. The fourth-order valence-corrected chi connectivity index (χ4v) is 2.34. The van der Waals surface area contributed by atoms with Crippen LogP contribution in [-0.2, 0) is 11.2 Å². The van der Waals surface area contributed by atoms with E-state index >= 15 is 0 Å².